The summed E-state index contributed by atoms with van der Waals surface area (Å²) in [5.74, 6) is -1.11. The Balaban J connectivity index is 1.50. The van der Waals surface area contributed by atoms with Crippen LogP contribution >= 0.6 is 0 Å². The van der Waals surface area contributed by atoms with E-state index in [9.17, 15) is 14.0 Å². The van der Waals surface area contributed by atoms with Gasteiger partial charge in [-0.3, -0.25) is 4.79 Å². The molecule has 0 spiro atoms. The number of hydrogen-bond donors (Lipinski definition) is 1. The zero-order valence-corrected chi connectivity index (χ0v) is 16.5. The largest absolute Gasteiger partial charge is 0.350 e. The highest BCUT2D eigenvalue weighted by Gasteiger charge is 2.16. The van der Waals surface area contributed by atoms with Gasteiger partial charge in [0, 0.05) is 18.0 Å². The molecule has 0 bridgehead atoms. The highest BCUT2D eigenvalue weighted by Crippen LogP contribution is 2.21. The highest BCUT2D eigenvalue weighted by atomic mass is 19.1. The van der Waals surface area contributed by atoms with Crippen LogP contribution in [0.25, 0.3) is 22.4 Å². The normalized spacial score (nSPS) is 11.3. The van der Waals surface area contributed by atoms with E-state index in [1.54, 1.807) is 23.0 Å². The van der Waals surface area contributed by atoms with E-state index in [0.29, 0.717) is 11.2 Å². The maximum Gasteiger partial charge on any atom is 0.350 e. The van der Waals surface area contributed by atoms with Gasteiger partial charge in [0.1, 0.15) is 17.9 Å². The Hall–Kier alpha value is -4.27. The minimum atomic E-state index is -0.555. The first-order chi connectivity index (χ1) is 15.0. The molecule has 0 radical (unpaired) electrons. The van der Waals surface area contributed by atoms with E-state index in [0.717, 1.165) is 21.5 Å². The van der Waals surface area contributed by atoms with E-state index < -0.39 is 17.4 Å². The Morgan fingerprint density at radius 3 is 2.61 bits per heavy atom. The molecule has 154 valence electrons. The molecule has 1 amide bonds. The van der Waals surface area contributed by atoms with Crippen molar-refractivity contribution >= 4 is 22.8 Å². The van der Waals surface area contributed by atoms with Crippen molar-refractivity contribution in [3.8, 4) is 11.3 Å². The number of fused-ring (bicyclic) bond motifs is 3. The number of aromatic nitrogens is 5. The lowest BCUT2D eigenvalue weighted by Gasteiger charge is -2.05. The van der Waals surface area contributed by atoms with E-state index in [1.807, 2.05) is 37.3 Å². The Bertz CT molecular complexity index is 1500. The lowest BCUT2D eigenvalue weighted by molar-refractivity contribution is -0.117. The third-order valence-corrected chi connectivity index (χ3v) is 4.98. The summed E-state index contributed by atoms with van der Waals surface area (Å²) in [5, 5.41) is 11.3. The second-order valence-corrected chi connectivity index (χ2v) is 7.19. The molecule has 0 aliphatic heterocycles. The van der Waals surface area contributed by atoms with Crippen LogP contribution in [0.4, 0.5) is 10.1 Å². The first-order valence-electron chi connectivity index (χ1n) is 9.58. The molecule has 2 aromatic carbocycles. The number of amides is 1. The number of carbonyl (C=O) groups is 1. The quantitative estimate of drug-likeness (QED) is 0.488. The molecule has 0 atom stereocenters. The number of anilines is 1. The SMILES string of the molecule is Cc1ccc(-c2cc3c4nn(CC(=O)Nc5ccccc5F)c(=O)n4ccn3n2)cc1. The minimum absolute atomic E-state index is 0.0465. The summed E-state index contributed by atoms with van der Waals surface area (Å²) in [7, 11) is 0. The fourth-order valence-electron chi connectivity index (χ4n) is 3.39. The predicted octanol–water partition coefficient (Wildman–Crippen LogP) is 2.90. The molecule has 0 fully saturated rings. The van der Waals surface area contributed by atoms with Crippen molar-refractivity contribution in [2.45, 2.75) is 13.5 Å². The first kappa shape index (κ1) is 18.7. The average molecular weight is 416 g/mol. The molecule has 8 nitrogen and oxygen atoms in total. The molecule has 1 N–H and O–H groups in total. The van der Waals surface area contributed by atoms with Gasteiger partial charge in [-0.05, 0) is 25.1 Å². The summed E-state index contributed by atoms with van der Waals surface area (Å²) >= 11 is 0. The molecule has 0 saturated carbocycles. The topological polar surface area (TPSA) is 85.7 Å². The van der Waals surface area contributed by atoms with Gasteiger partial charge in [0.15, 0.2) is 5.65 Å². The maximum atomic E-state index is 13.8. The lowest BCUT2D eigenvalue weighted by Crippen LogP contribution is -2.28. The molecule has 9 heteroatoms. The average Bonchev–Trinajstić information content (AvgIpc) is 3.32. The minimum Gasteiger partial charge on any atom is -0.322 e. The van der Waals surface area contributed by atoms with Gasteiger partial charge in [-0.15, -0.1) is 5.10 Å². The van der Waals surface area contributed by atoms with Gasteiger partial charge >= 0.3 is 5.69 Å². The van der Waals surface area contributed by atoms with Crippen molar-refractivity contribution in [2.75, 3.05) is 5.32 Å². The predicted molar refractivity (Wildman–Crippen MR) is 113 cm³/mol. The summed E-state index contributed by atoms with van der Waals surface area (Å²) in [6.07, 6.45) is 3.21. The van der Waals surface area contributed by atoms with Crippen LogP contribution in [0.5, 0.6) is 0 Å². The third-order valence-electron chi connectivity index (χ3n) is 4.98. The summed E-state index contributed by atoms with van der Waals surface area (Å²) in [6.45, 7) is 1.67. The summed E-state index contributed by atoms with van der Waals surface area (Å²) in [6, 6.07) is 15.6. The van der Waals surface area contributed by atoms with Crippen LogP contribution in [-0.2, 0) is 11.3 Å². The molecule has 0 unspecified atom stereocenters. The van der Waals surface area contributed by atoms with Crippen molar-refractivity contribution in [3.05, 3.63) is 88.9 Å². The molecule has 3 heterocycles. The Morgan fingerprint density at radius 1 is 1.06 bits per heavy atom. The molecule has 0 aliphatic rings. The van der Waals surface area contributed by atoms with Crippen LogP contribution in [0.2, 0.25) is 0 Å². The fraction of sp³-hybridized carbons (Fsp3) is 0.0909. The number of hydrogen-bond acceptors (Lipinski definition) is 4. The number of para-hydroxylation sites is 1. The lowest BCUT2D eigenvalue weighted by atomic mass is 10.1. The summed E-state index contributed by atoms with van der Waals surface area (Å²) in [4.78, 5) is 25.1. The van der Waals surface area contributed by atoms with Crippen molar-refractivity contribution in [1.82, 2.24) is 23.8 Å². The Kier molecular flexibility index (Phi) is 4.36. The van der Waals surface area contributed by atoms with E-state index in [-0.39, 0.29) is 12.2 Å². The van der Waals surface area contributed by atoms with Gasteiger partial charge in [0.2, 0.25) is 5.91 Å². The number of halogens is 1. The van der Waals surface area contributed by atoms with Gasteiger partial charge in [0.25, 0.3) is 0 Å². The molecule has 0 saturated heterocycles. The molecule has 5 aromatic rings. The van der Waals surface area contributed by atoms with E-state index in [2.05, 4.69) is 15.5 Å². The number of nitrogens with zero attached hydrogens (tertiary/aromatic N) is 5. The Morgan fingerprint density at radius 2 is 1.84 bits per heavy atom. The van der Waals surface area contributed by atoms with E-state index >= 15 is 0 Å². The number of benzene rings is 2. The van der Waals surface area contributed by atoms with Crippen molar-refractivity contribution in [3.63, 3.8) is 0 Å². The summed E-state index contributed by atoms with van der Waals surface area (Å²) in [5.41, 5.74) is 3.41. The van der Waals surface area contributed by atoms with Crippen LogP contribution in [0.15, 0.2) is 71.8 Å². The molecular weight excluding hydrogens is 399 g/mol. The highest BCUT2D eigenvalue weighted by molar-refractivity contribution is 5.90. The van der Waals surface area contributed by atoms with Crippen LogP contribution in [0.3, 0.4) is 0 Å². The monoisotopic (exact) mass is 416 g/mol. The second-order valence-electron chi connectivity index (χ2n) is 7.19. The van der Waals surface area contributed by atoms with Crippen LogP contribution in [0.1, 0.15) is 5.56 Å². The van der Waals surface area contributed by atoms with Crippen molar-refractivity contribution in [1.29, 1.82) is 0 Å². The maximum absolute atomic E-state index is 13.8. The second kappa shape index (κ2) is 7.21. The van der Waals surface area contributed by atoms with Gasteiger partial charge in [-0.25, -0.2) is 22.8 Å². The van der Waals surface area contributed by atoms with Gasteiger partial charge < -0.3 is 5.32 Å². The zero-order valence-electron chi connectivity index (χ0n) is 16.5. The van der Waals surface area contributed by atoms with Gasteiger partial charge in [0.05, 0.1) is 11.4 Å². The van der Waals surface area contributed by atoms with Crippen molar-refractivity contribution < 1.29 is 9.18 Å². The van der Waals surface area contributed by atoms with E-state index in [1.165, 1.54) is 22.6 Å². The number of nitrogens with one attached hydrogen (secondary N) is 1. The molecule has 0 aliphatic carbocycles. The number of carbonyl (C=O) groups excluding carboxylic acids is 1. The van der Waals surface area contributed by atoms with Gasteiger partial charge in [-0.2, -0.15) is 5.10 Å². The van der Waals surface area contributed by atoms with Gasteiger partial charge in [-0.1, -0.05) is 42.0 Å². The standard InChI is InChI=1S/C22H17FN6O2/c1-14-6-8-15(9-7-14)18-12-19-21-26-29(22(31)27(21)10-11-28(19)25-18)13-20(30)24-17-5-3-2-4-16(17)23/h2-12H,13H2,1H3,(H,24,30). The fourth-order valence-corrected chi connectivity index (χ4v) is 3.39. The van der Waals surface area contributed by atoms with Crippen LogP contribution in [0, 0.1) is 12.7 Å². The van der Waals surface area contributed by atoms with Crippen molar-refractivity contribution in [2.24, 2.45) is 0 Å². The van der Waals surface area contributed by atoms with Crippen LogP contribution in [-0.4, -0.2) is 29.7 Å². The zero-order chi connectivity index (χ0) is 21.5. The van der Waals surface area contributed by atoms with E-state index in [4.69, 9.17) is 0 Å². The first-order valence-corrected chi connectivity index (χ1v) is 9.58. The molecule has 3 aromatic heterocycles. The molecule has 31 heavy (non-hydrogen) atoms. The summed E-state index contributed by atoms with van der Waals surface area (Å²) < 4.78 is 17.8. The smallest absolute Gasteiger partial charge is 0.322 e. The van der Waals surface area contributed by atoms with Crippen LogP contribution < -0.4 is 11.0 Å². The molecule has 5 rings (SSSR count). The number of rotatable bonds is 4. The number of aryl methyl sites for hydroxylation is 1. The third kappa shape index (κ3) is 3.35. The molecular formula is C22H17FN6O2. The Labute approximate surface area is 175 Å².